The minimum absolute atomic E-state index is 0.347. The molecule has 2 rings (SSSR count). The summed E-state index contributed by atoms with van der Waals surface area (Å²) >= 11 is 0. The molecule has 0 saturated carbocycles. The lowest BCUT2D eigenvalue weighted by Gasteiger charge is -2.27. The highest BCUT2D eigenvalue weighted by atomic mass is 15.1. The van der Waals surface area contributed by atoms with Crippen molar-refractivity contribution in [2.24, 2.45) is 18.4 Å². The van der Waals surface area contributed by atoms with E-state index in [1.165, 1.54) is 5.52 Å². The van der Waals surface area contributed by atoms with Crippen LogP contribution in [-0.4, -0.2) is 16.1 Å². The Bertz CT molecular complexity index is 549. The Balaban J connectivity index is 2.01. The van der Waals surface area contributed by atoms with Crippen LogP contribution in [0.3, 0.4) is 0 Å². The fourth-order valence-corrected chi connectivity index (χ4v) is 2.06. The maximum Gasteiger partial charge on any atom is 0.123 e. The summed E-state index contributed by atoms with van der Waals surface area (Å²) in [5.41, 5.74) is 2.62. The minimum atomic E-state index is 0.347. The van der Waals surface area contributed by atoms with Gasteiger partial charge in [-0.3, -0.25) is 0 Å². The zero-order valence-electron chi connectivity index (χ0n) is 12.7. The molecule has 1 unspecified atom stereocenters. The first-order valence-electron chi connectivity index (χ1n) is 7.00. The maximum absolute atomic E-state index is 4.67. The number of aromatic nitrogens is 2. The molecule has 0 bridgehead atoms. The van der Waals surface area contributed by atoms with Gasteiger partial charge in [0.1, 0.15) is 5.82 Å². The van der Waals surface area contributed by atoms with Crippen molar-refractivity contribution in [2.45, 2.75) is 34.2 Å². The Morgan fingerprint density at radius 1 is 1.26 bits per heavy atom. The van der Waals surface area contributed by atoms with Crippen LogP contribution in [0.4, 0.5) is 0 Å². The van der Waals surface area contributed by atoms with E-state index >= 15 is 0 Å². The monoisotopic (exact) mass is 259 g/mol. The van der Waals surface area contributed by atoms with Gasteiger partial charge in [0.2, 0.25) is 0 Å². The number of nitrogens with one attached hydrogen (secondary N) is 1. The Hall–Kier alpha value is -1.35. The summed E-state index contributed by atoms with van der Waals surface area (Å²) in [4.78, 5) is 4.67. The van der Waals surface area contributed by atoms with Crippen molar-refractivity contribution in [3.05, 3.63) is 30.1 Å². The number of imidazole rings is 1. The van der Waals surface area contributed by atoms with Gasteiger partial charge >= 0.3 is 0 Å². The molecule has 0 fully saturated rings. The first kappa shape index (κ1) is 14.1. The van der Waals surface area contributed by atoms with Crippen molar-refractivity contribution >= 4 is 11.0 Å². The van der Waals surface area contributed by atoms with Crippen molar-refractivity contribution < 1.29 is 0 Å². The Labute approximate surface area is 116 Å². The fraction of sp³-hybridized carbons (Fsp3) is 0.562. The smallest absolute Gasteiger partial charge is 0.123 e. The second-order valence-electron chi connectivity index (χ2n) is 6.47. The average Bonchev–Trinajstić information content (AvgIpc) is 2.66. The molecular weight excluding hydrogens is 234 g/mol. The standard InChI is InChI=1S/C16H25N3/c1-12(16(2,3)4)10-17-11-15-18-13-8-6-7-9-14(13)19(15)5/h6-9,12,17H,10-11H2,1-5H3. The molecule has 0 aliphatic rings. The number of nitrogens with zero attached hydrogens (tertiary/aromatic N) is 2. The quantitative estimate of drug-likeness (QED) is 0.912. The molecule has 1 aromatic heterocycles. The fourth-order valence-electron chi connectivity index (χ4n) is 2.06. The molecule has 3 heteroatoms. The van der Waals surface area contributed by atoms with E-state index in [2.05, 4.69) is 67.8 Å². The third-order valence-electron chi connectivity index (χ3n) is 4.09. The van der Waals surface area contributed by atoms with Gasteiger partial charge in [-0.05, 0) is 30.0 Å². The van der Waals surface area contributed by atoms with E-state index in [9.17, 15) is 0 Å². The number of hydrogen-bond acceptors (Lipinski definition) is 2. The molecular formula is C16H25N3. The summed E-state index contributed by atoms with van der Waals surface area (Å²) in [5.74, 6) is 1.74. The first-order chi connectivity index (χ1) is 8.89. The zero-order chi connectivity index (χ0) is 14.0. The van der Waals surface area contributed by atoms with Crippen LogP contribution in [0.5, 0.6) is 0 Å². The molecule has 1 heterocycles. The van der Waals surface area contributed by atoms with Crippen molar-refractivity contribution in [1.29, 1.82) is 0 Å². The summed E-state index contributed by atoms with van der Waals surface area (Å²) in [5, 5.41) is 3.53. The van der Waals surface area contributed by atoms with Crippen LogP contribution >= 0.6 is 0 Å². The van der Waals surface area contributed by atoms with Crippen LogP contribution in [-0.2, 0) is 13.6 Å². The molecule has 104 valence electrons. The molecule has 1 aromatic carbocycles. The van der Waals surface area contributed by atoms with Crippen LogP contribution in [0.1, 0.15) is 33.5 Å². The lowest BCUT2D eigenvalue weighted by atomic mass is 9.82. The van der Waals surface area contributed by atoms with Crippen LogP contribution in [0.2, 0.25) is 0 Å². The van der Waals surface area contributed by atoms with E-state index < -0.39 is 0 Å². The van der Waals surface area contributed by atoms with Gasteiger partial charge in [0.05, 0.1) is 17.6 Å². The predicted octanol–water partition coefficient (Wildman–Crippen LogP) is 3.35. The number of fused-ring (bicyclic) bond motifs is 1. The van der Waals surface area contributed by atoms with E-state index in [4.69, 9.17) is 0 Å². The number of benzene rings is 1. The topological polar surface area (TPSA) is 29.9 Å². The number of rotatable bonds is 4. The van der Waals surface area contributed by atoms with Crippen molar-refractivity contribution in [2.75, 3.05) is 6.54 Å². The third-order valence-corrected chi connectivity index (χ3v) is 4.09. The van der Waals surface area contributed by atoms with Crippen LogP contribution < -0.4 is 5.32 Å². The van der Waals surface area contributed by atoms with Crippen LogP contribution in [0.25, 0.3) is 11.0 Å². The average molecular weight is 259 g/mol. The Morgan fingerprint density at radius 2 is 1.95 bits per heavy atom. The number of aryl methyl sites for hydroxylation is 1. The van der Waals surface area contributed by atoms with Gasteiger partial charge in [0, 0.05) is 7.05 Å². The highest BCUT2D eigenvalue weighted by Gasteiger charge is 2.19. The SMILES string of the molecule is CC(CNCc1nc2ccccc2n1C)C(C)(C)C. The molecule has 2 aromatic rings. The van der Waals surface area contributed by atoms with E-state index in [-0.39, 0.29) is 0 Å². The molecule has 19 heavy (non-hydrogen) atoms. The molecule has 3 nitrogen and oxygen atoms in total. The van der Waals surface area contributed by atoms with Crippen molar-refractivity contribution in [3.8, 4) is 0 Å². The lowest BCUT2D eigenvalue weighted by Crippen LogP contribution is -2.30. The number of hydrogen-bond donors (Lipinski definition) is 1. The Kier molecular flexibility index (Phi) is 3.95. The van der Waals surface area contributed by atoms with Gasteiger partial charge in [-0.1, -0.05) is 39.8 Å². The normalized spacial score (nSPS) is 13.9. The third kappa shape index (κ3) is 3.16. The molecule has 0 spiro atoms. The van der Waals surface area contributed by atoms with Gasteiger partial charge < -0.3 is 9.88 Å². The molecule has 0 saturated heterocycles. The van der Waals surface area contributed by atoms with E-state index in [0.717, 1.165) is 24.4 Å². The first-order valence-corrected chi connectivity index (χ1v) is 7.00. The molecule has 1 N–H and O–H groups in total. The summed E-state index contributed by atoms with van der Waals surface area (Å²) < 4.78 is 2.17. The Morgan fingerprint density at radius 3 is 2.58 bits per heavy atom. The van der Waals surface area contributed by atoms with Gasteiger partial charge in [-0.2, -0.15) is 0 Å². The summed E-state index contributed by atoms with van der Waals surface area (Å²) in [6, 6.07) is 8.28. The zero-order valence-corrected chi connectivity index (χ0v) is 12.7. The molecule has 0 amide bonds. The summed E-state index contributed by atoms with van der Waals surface area (Å²) in [6.45, 7) is 11.0. The van der Waals surface area contributed by atoms with E-state index in [0.29, 0.717) is 11.3 Å². The lowest BCUT2D eigenvalue weighted by molar-refractivity contribution is 0.252. The molecule has 0 radical (unpaired) electrons. The van der Waals surface area contributed by atoms with Crippen molar-refractivity contribution in [3.63, 3.8) is 0 Å². The second-order valence-corrected chi connectivity index (χ2v) is 6.47. The maximum atomic E-state index is 4.67. The largest absolute Gasteiger partial charge is 0.330 e. The highest BCUT2D eigenvalue weighted by Crippen LogP contribution is 2.24. The predicted molar refractivity (Wildman–Crippen MR) is 81.0 cm³/mol. The molecule has 0 aliphatic heterocycles. The van der Waals surface area contributed by atoms with Gasteiger partial charge in [-0.25, -0.2) is 4.98 Å². The van der Waals surface area contributed by atoms with Crippen LogP contribution in [0.15, 0.2) is 24.3 Å². The van der Waals surface area contributed by atoms with Gasteiger partial charge in [0.25, 0.3) is 0 Å². The number of para-hydroxylation sites is 2. The highest BCUT2D eigenvalue weighted by molar-refractivity contribution is 5.75. The van der Waals surface area contributed by atoms with E-state index in [1.807, 2.05) is 6.07 Å². The second kappa shape index (κ2) is 5.33. The molecule has 1 atom stereocenters. The van der Waals surface area contributed by atoms with Gasteiger partial charge in [0.15, 0.2) is 0 Å². The van der Waals surface area contributed by atoms with E-state index in [1.54, 1.807) is 0 Å². The van der Waals surface area contributed by atoms with Crippen molar-refractivity contribution in [1.82, 2.24) is 14.9 Å². The summed E-state index contributed by atoms with van der Waals surface area (Å²) in [7, 11) is 2.08. The van der Waals surface area contributed by atoms with Gasteiger partial charge in [-0.15, -0.1) is 0 Å². The minimum Gasteiger partial charge on any atom is -0.330 e. The molecule has 0 aliphatic carbocycles. The van der Waals surface area contributed by atoms with Crippen LogP contribution in [0, 0.1) is 11.3 Å². The summed E-state index contributed by atoms with van der Waals surface area (Å²) in [6.07, 6.45) is 0.